The molecule has 2 aliphatic heterocycles. The second-order valence-corrected chi connectivity index (χ2v) is 7.20. The molecule has 0 bridgehead atoms. The minimum absolute atomic E-state index is 0.665. The van der Waals surface area contributed by atoms with E-state index in [2.05, 4.69) is 38.0 Å². The Morgan fingerprint density at radius 1 is 0.960 bits per heavy atom. The average molecular weight is 337 g/mol. The number of rotatable bonds is 6. The number of aromatic nitrogens is 3. The average Bonchev–Trinajstić information content (AvgIpc) is 3.33. The quantitative estimate of drug-likeness (QED) is 0.810. The summed E-state index contributed by atoms with van der Waals surface area (Å²) in [7, 11) is 0. The normalized spacial score (nSPS) is 21.1. The van der Waals surface area contributed by atoms with Crippen LogP contribution in [0.1, 0.15) is 43.4 Å². The van der Waals surface area contributed by atoms with Crippen molar-refractivity contribution in [1.82, 2.24) is 19.9 Å². The molecule has 0 saturated carbocycles. The van der Waals surface area contributed by atoms with E-state index in [1.807, 2.05) is 18.6 Å². The van der Waals surface area contributed by atoms with Crippen molar-refractivity contribution in [3.05, 3.63) is 48.0 Å². The summed E-state index contributed by atoms with van der Waals surface area (Å²) in [4.78, 5) is 18.3. The van der Waals surface area contributed by atoms with E-state index in [0.717, 1.165) is 37.7 Å². The highest BCUT2D eigenvalue weighted by Crippen LogP contribution is 2.24. The van der Waals surface area contributed by atoms with Gasteiger partial charge in [0.2, 0.25) is 5.95 Å². The lowest BCUT2D eigenvalue weighted by atomic mass is 10.0. The van der Waals surface area contributed by atoms with Crippen LogP contribution in [0.4, 0.5) is 5.95 Å². The molecule has 4 heterocycles. The lowest BCUT2D eigenvalue weighted by Gasteiger charge is -2.24. The molecule has 2 fully saturated rings. The number of pyridine rings is 1. The lowest BCUT2D eigenvalue weighted by Crippen LogP contribution is -2.30. The molecule has 2 aliphatic rings. The van der Waals surface area contributed by atoms with Crippen molar-refractivity contribution in [3.63, 3.8) is 0 Å². The highest BCUT2D eigenvalue weighted by Gasteiger charge is 2.25. The highest BCUT2D eigenvalue weighted by molar-refractivity contribution is 5.31. The maximum Gasteiger partial charge on any atom is 0.225 e. The van der Waals surface area contributed by atoms with Crippen LogP contribution in [0.25, 0.3) is 0 Å². The molecule has 132 valence electrons. The predicted octanol–water partition coefficient (Wildman–Crippen LogP) is 3.07. The van der Waals surface area contributed by atoms with Gasteiger partial charge in [0, 0.05) is 44.3 Å². The van der Waals surface area contributed by atoms with Crippen LogP contribution >= 0.6 is 0 Å². The Hall–Kier alpha value is -2.01. The van der Waals surface area contributed by atoms with E-state index in [1.165, 1.54) is 44.2 Å². The van der Waals surface area contributed by atoms with Crippen molar-refractivity contribution >= 4 is 5.95 Å². The molecule has 0 aromatic carbocycles. The maximum atomic E-state index is 4.84. The van der Waals surface area contributed by atoms with Gasteiger partial charge in [0.15, 0.2) is 0 Å². The van der Waals surface area contributed by atoms with Gasteiger partial charge in [-0.1, -0.05) is 0 Å². The summed E-state index contributed by atoms with van der Waals surface area (Å²) in [6.45, 7) is 4.33. The molecule has 0 N–H and O–H groups in total. The third kappa shape index (κ3) is 4.15. The molecular weight excluding hydrogens is 310 g/mol. The molecule has 0 amide bonds. The largest absolute Gasteiger partial charge is 0.341 e. The molecule has 2 aromatic rings. The zero-order valence-electron chi connectivity index (χ0n) is 14.8. The number of hydrogen-bond donors (Lipinski definition) is 0. The number of hydrogen-bond acceptors (Lipinski definition) is 5. The highest BCUT2D eigenvalue weighted by atomic mass is 15.3. The van der Waals surface area contributed by atoms with E-state index >= 15 is 0 Å². The van der Waals surface area contributed by atoms with E-state index in [-0.39, 0.29) is 0 Å². The van der Waals surface area contributed by atoms with E-state index in [1.54, 1.807) is 0 Å². The van der Waals surface area contributed by atoms with Gasteiger partial charge in [-0.05, 0) is 68.8 Å². The van der Waals surface area contributed by atoms with Crippen LogP contribution in [-0.4, -0.2) is 45.5 Å². The fraction of sp³-hybridized carbons (Fsp3) is 0.550. The lowest BCUT2D eigenvalue weighted by molar-refractivity contribution is 0.232. The Bertz CT molecular complexity index is 669. The summed E-state index contributed by atoms with van der Waals surface area (Å²) >= 11 is 0. The topological polar surface area (TPSA) is 45.2 Å². The van der Waals surface area contributed by atoms with Crippen molar-refractivity contribution in [2.75, 3.05) is 24.5 Å². The Morgan fingerprint density at radius 3 is 2.64 bits per heavy atom. The van der Waals surface area contributed by atoms with Crippen LogP contribution in [-0.2, 0) is 13.0 Å². The van der Waals surface area contributed by atoms with E-state index in [0.29, 0.717) is 6.04 Å². The van der Waals surface area contributed by atoms with Crippen LogP contribution in [0.3, 0.4) is 0 Å². The Morgan fingerprint density at radius 2 is 1.80 bits per heavy atom. The van der Waals surface area contributed by atoms with Gasteiger partial charge in [0.05, 0.1) is 5.69 Å². The first kappa shape index (κ1) is 16.5. The van der Waals surface area contributed by atoms with Gasteiger partial charge in [-0.25, -0.2) is 9.97 Å². The summed E-state index contributed by atoms with van der Waals surface area (Å²) in [5, 5.41) is 0. The van der Waals surface area contributed by atoms with Gasteiger partial charge >= 0.3 is 0 Å². The van der Waals surface area contributed by atoms with Gasteiger partial charge in [0.25, 0.3) is 0 Å². The molecule has 4 rings (SSSR count). The maximum absolute atomic E-state index is 4.84. The fourth-order valence-corrected chi connectivity index (χ4v) is 4.06. The summed E-state index contributed by atoms with van der Waals surface area (Å²) in [6.07, 6.45) is 13.2. The fourth-order valence-electron chi connectivity index (χ4n) is 4.06. The molecule has 2 aromatic heterocycles. The molecule has 25 heavy (non-hydrogen) atoms. The Kier molecular flexibility index (Phi) is 5.21. The Balaban J connectivity index is 1.37. The number of nitrogens with zero attached hydrogens (tertiary/aromatic N) is 5. The zero-order valence-corrected chi connectivity index (χ0v) is 14.8. The van der Waals surface area contributed by atoms with Crippen molar-refractivity contribution in [2.45, 2.75) is 51.1 Å². The van der Waals surface area contributed by atoms with E-state index in [9.17, 15) is 0 Å². The van der Waals surface area contributed by atoms with Gasteiger partial charge < -0.3 is 4.90 Å². The molecule has 0 spiro atoms. The van der Waals surface area contributed by atoms with Crippen LogP contribution in [0.2, 0.25) is 0 Å². The van der Waals surface area contributed by atoms with E-state index < -0.39 is 0 Å². The molecule has 0 radical (unpaired) electrons. The van der Waals surface area contributed by atoms with Crippen molar-refractivity contribution < 1.29 is 0 Å². The minimum Gasteiger partial charge on any atom is -0.341 e. The smallest absolute Gasteiger partial charge is 0.225 e. The van der Waals surface area contributed by atoms with Crippen molar-refractivity contribution in [3.8, 4) is 0 Å². The van der Waals surface area contributed by atoms with Gasteiger partial charge in [0.1, 0.15) is 0 Å². The summed E-state index contributed by atoms with van der Waals surface area (Å²) in [5.74, 6) is 0.919. The number of anilines is 1. The standard InChI is InChI=1S/C20H27N5/c1-2-14-24(13-1)20-22-12-9-18(23-20)16-25-15-3-4-19(25)6-5-17-7-10-21-11-8-17/h7-12,19H,1-6,13-16H2. The van der Waals surface area contributed by atoms with Crippen LogP contribution in [0.15, 0.2) is 36.8 Å². The molecule has 1 unspecified atom stereocenters. The van der Waals surface area contributed by atoms with Gasteiger partial charge in [-0.2, -0.15) is 0 Å². The number of aryl methyl sites for hydroxylation is 1. The molecule has 0 aliphatic carbocycles. The zero-order chi connectivity index (χ0) is 16.9. The molecule has 1 atom stereocenters. The van der Waals surface area contributed by atoms with Crippen LogP contribution in [0, 0.1) is 0 Å². The molecule has 2 saturated heterocycles. The summed E-state index contributed by atoms with van der Waals surface area (Å²) < 4.78 is 0. The monoisotopic (exact) mass is 337 g/mol. The first-order chi connectivity index (χ1) is 12.4. The van der Waals surface area contributed by atoms with Crippen molar-refractivity contribution in [2.24, 2.45) is 0 Å². The first-order valence-electron chi connectivity index (χ1n) is 9.58. The van der Waals surface area contributed by atoms with E-state index in [4.69, 9.17) is 4.98 Å². The molecule has 5 nitrogen and oxygen atoms in total. The number of likely N-dealkylation sites (tertiary alicyclic amines) is 1. The molecule has 5 heteroatoms. The first-order valence-corrected chi connectivity index (χ1v) is 9.58. The minimum atomic E-state index is 0.665. The predicted molar refractivity (Wildman–Crippen MR) is 99.5 cm³/mol. The Labute approximate surface area is 150 Å². The van der Waals surface area contributed by atoms with Crippen molar-refractivity contribution in [1.29, 1.82) is 0 Å². The third-order valence-corrected chi connectivity index (χ3v) is 5.47. The second kappa shape index (κ2) is 7.91. The van der Waals surface area contributed by atoms with Gasteiger partial charge in [-0.15, -0.1) is 0 Å². The third-order valence-electron chi connectivity index (χ3n) is 5.47. The summed E-state index contributed by atoms with van der Waals surface area (Å²) in [6, 6.07) is 7.01. The SMILES string of the molecule is c1cc(CCC2CCCN2Cc2ccnc(N3CCCC3)n2)ccn1. The van der Waals surface area contributed by atoms with Gasteiger partial charge in [-0.3, -0.25) is 9.88 Å². The van der Waals surface area contributed by atoms with Crippen LogP contribution < -0.4 is 4.90 Å². The van der Waals surface area contributed by atoms with Crippen LogP contribution in [0.5, 0.6) is 0 Å². The molecular formula is C20H27N5. The summed E-state index contributed by atoms with van der Waals surface area (Å²) in [5.41, 5.74) is 2.55. The second-order valence-electron chi connectivity index (χ2n) is 7.20.